The SMILES string of the molecule is CCOC1CC(NC(=NC)NCCCN(CC)S(C)(=O)=O)C1(CC)CC.I. The number of nitrogens with one attached hydrogen (secondary N) is 2. The van der Waals surface area contributed by atoms with Crippen molar-refractivity contribution in [1.29, 1.82) is 0 Å². The third kappa shape index (κ3) is 7.01. The number of guanidine groups is 1. The second-order valence-electron chi connectivity index (χ2n) is 6.92. The second kappa shape index (κ2) is 12.4. The number of nitrogens with zero attached hydrogens (tertiary/aromatic N) is 2. The molecule has 27 heavy (non-hydrogen) atoms. The summed E-state index contributed by atoms with van der Waals surface area (Å²) in [6.45, 7) is 10.8. The summed E-state index contributed by atoms with van der Waals surface area (Å²) < 4.78 is 30.7. The lowest BCUT2D eigenvalue weighted by molar-refractivity contribution is -0.133. The Kier molecular flexibility index (Phi) is 12.4. The third-order valence-corrected chi connectivity index (χ3v) is 7.08. The van der Waals surface area contributed by atoms with Crippen molar-refractivity contribution in [2.24, 2.45) is 10.4 Å². The van der Waals surface area contributed by atoms with Crippen molar-refractivity contribution in [1.82, 2.24) is 14.9 Å². The molecule has 1 aliphatic carbocycles. The highest BCUT2D eigenvalue weighted by molar-refractivity contribution is 14.0. The maximum Gasteiger partial charge on any atom is 0.211 e. The first kappa shape index (κ1) is 26.9. The molecule has 1 fully saturated rings. The molecular formula is C18H39IN4O3S. The Bertz CT molecular complexity index is 553. The normalized spacial score (nSPS) is 22.1. The topological polar surface area (TPSA) is 83.0 Å². The zero-order valence-electron chi connectivity index (χ0n) is 17.7. The molecular weight excluding hydrogens is 479 g/mol. The molecule has 0 aliphatic heterocycles. The van der Waals surface area contributed by atoms with Gasteiger partial charge >= 0.3 is 0 Å². The minimum Gasteiger partial charge on any atom is -0.378 e. The van der Waals surface area contributed by atoms with Crippen molar-refractivity contribution in [2.75, 3.05) is 39.5 Å². The largest absolute Gasteiger partial charge is 0.378 e. The molecule has 9 heteroatoms. The summed E-state index contributed by atoms with van der Waals surface area (Å²) in [6, 6.07) is 0.350. The van der Waals surface area contributed by atoms with E-state index in [4.69, 9.17) is 4.74 Å². The molecule has 0 radical (unpaired) electrons. The maximum absolute atomic E-state index is 11.6. The second-order valence-corrected chi connectivity index (χ2v) is 8.91. The molecule has 2 atom stereocenters. The van der Waals surface area contributed by atoms with Gasteiger partial charge in [0.25, 0.3) is 0 Å². The highest BCUT2D eigenvalue weighted by Crippen LogP contribution is 2.48. The van der Waals surface area contributed by atoms with Gasteiger partial charge in [-0.2, -0.15) is 0 Å². The van der Waals surface area contributed by atoms with E-state index in [0.29, 0.717) is 31.8 Å². The third-order valence-electron chi connectivity index (χ3n) is 5.70. The van der Waals surface area contributed by atoms with Crippen molar-refractivity contribution in [3.8, 4) is 0 Å². The highest BCUT2D eigenvalue weighted by Gasteiger charge is 2.53. The first-order valence-corrected chi connectivity index (χ1v) is 11.7. The molecule has 162 valence electrons. The van der Waals surface area contributed by atoms with E-state index in [2.05, 4.69) is 29.5 Å². The van der Waals surface area contributed by atoms with E-state index in [-0.39, 0.29) is 29.4 Å². The average Bonchev–Trinajstić information content (AvgIpc) is 2.59. The molecule has 0 heterocycles. The van der Waals surface area contributed by atoms with Crippen molar-refractivity contribution in [3.63, 3.8) is 0 Å². The van der Waals surface area contributed by atoms with Crippen LogP contribution in [-0.2, 0) is 14.8 Å². The maximum atomic E-state index is 11.6. The molecule has 2 unspecified atom stereocenters. The fourth-order valence-electron chi connectivity index (χ4n) is 3.96. The molecule has 0 bridgehead atoms. The number of sulfonamides is 1. The summed E-state index contributed by atoms with van der Waals surface area (Å²) in [5, 5.41) is 6.85. The van der Waals surface area contributed by atoms with E-state index in [1.165, 1.54) is 10.6 Å². The van der Waals surface area contributed by atoms with Crippen LogP contribution in [0, 0.1) is 5.41 Å². The number of aliphatic imine (C=N–C) groups is 1. The van der Waals surface area contributed by atoms with E-state index >= 15 is 0 Å². The Morgan fingerprint density at radius 1 is 1.26 bits per heavy atom. The van der Waals surface area contributed by atoms with Gasteiger partial charge in [-0.3, -0.25) is 4.99 Å². The smallest absolute Gasteiger partial charge is 0.211 e. The summed E-state index contributed by atoms with van der Waals surface area (Å²) in [6.07, 6.45) is 5.44. The summed E-state index contributed by atoms with van der Waals surface area (Å²) in [7, 11) is -1.36. The number of rotatable bonds is 11. The van der Waals surface area contributed by atoms with Crippen LogP contribution in [0.3, 0.4) is 0 Å². The highest BCUT2D eigenvalue weighted by atomic mass is 127. The monoisotopic (exact) mass is 518 g/mol. The van der Waals surface area contributed by atoms with Crippen molar-refractivity contribution in [3.05, 3.63) is 0 Å². The van der Waals surface area contributed by atoms with Crippen LogP contribution in [0.15, 0.2) is 4.99 Å². The molecule has 1 aliphatic rings. The predicted molar refractivity (Wildman–Crippen MR) is 123 cm³/mol. The summed E-state index contributed by atoms with van der Waals surface area (Å²) in [5.41, 5.74) is 0.156. The van der Waals surface area contributed by atoms with Crippen LogP contribution < -0.4 is 10.6 Å². The minimum atomic E-state index is -3.12. The van der Waals surface area contributed by atoms with Crippen LogP contribution in [0.2, 0.25) is 0 Å². The van der Waals surface area contributed by atoms with Gasteiger partial charge in [0, 0.05) is 44.7 Å². The van der Waals surface area contributed by atoms with Gasteiger partial charge in [-0.15, -0.1) is 24.0 Å². The molecule has 1 rings (SSSR count). The number of ether oxygens (including phenoxy) is 1. The van der Waals surface area contributed by atoms with Gasteiger partial charge in [-0.05, 0) is 32.6 Å². The van der Waals surface area contributed by atoms with Gasteiger partial charge < -0.3 is 15.4 Å². The number of hydrogen-bond acceptors (Lipinski definition) is 4. The Hall–Kier alpha value is -0.130. The van der Waals surface area contributed by atoms with Crippen LogP contribution in [-0.4, -0.2) is 70.4 Å². The van der Waals surface area contributed by atoms with Crippen molar-refractivity contribution >= 4 is 40.0 Å². The summed E-state index contributed by atoms with van der Waals surface area (Å²) >= 11 is 0. The van der Waals surface area contributed by atoms with Gasteiger partial charge in [0.2, 0.25) is 10.0 Å². The molecule has 0 amide bonds. The van der Waals surface area contributed by atoms with Crippen LogP contribution in [0.25, 0.3) is 0 Å². The van der Waals surface area contributed by atoms with E-state index in [0.717, 1.165) is 38.2 Å². The Morgan fingerprint density at radius 3 is 2.33 bits per heavy atom. The first-order valence-electron chi connectivity index (χ1n) is 9.82. The number of halogens is 1. The molecule has 2 N–H and O–H groups in total. The van der Waals surface area contributed by atoms with Crippen molar-refractivity contribution < 1.29 is 13.2 Å². The van der Waals surface area contributed by atoms with E-state index in [1.807, 2.05) is 13.8 Å². The molecule has 0 aromatic heterocycles. The lowest BCUT2D eigenvalue weighted by Gasteiger charge is -2.55. The van der Waals surface area contributed by atoms with E-state index in [1.54, 1.807) is 7.05 Å². The molecule has 7 nitrogen and oxygen atoms in total. The fraction of sp³-hybridized carbons (Fsp3) is 0.944. The summed E-state index contributed by atoms with van der Waals surface area (Å²) in [4.78, 5) is 4.32. The Balaban J connectivity index is 0.00000676. The van der Waals surface area contributed by atoms with Crippen LogP contribution in [0.4, 0.5) is 0 Å². The fourth-order valence-corrected chi connectivity index (χ4v) is 4.89. The molecule has 1 saturated carbocycles. The van der Waals surface area contributed by atoms with Gasteiger partial charge in [0.15, 0.2) is 5.96 Å². The lowest BCUT2D eigenvalue weighted by Crippen LogP contribution is -2.65. The average molecular weight is 519 g/mol. The number of hydrogen-bond donors (Lipinski definition) is 2. The molecule has 0 aromatic rings. The molecule has 0 aromatic carbocycles. The Labute approximate surface area is 183 Å². The quantitative estimate of drug-likeness (QED) is 0.190. The Morgan fingerprint density at radius 2 is 1.89 bits per heavy atom. The standard InChI is InChI=1S/C18H38N4O3S.HI/c1-7-18(8-2)15(14-16(18)25-10-4)21-17(19-5)20-12-11-13-22(9-3)26(6,23)24;/h15-16H,7-14H2,1-6H3,(H2,19,20,21);1H. The zero-order valence-corrected chi connectivity index (χ0v) is 20.9. The van der Waals surface area contributed by atoms with Crippen molar-refractivity contribution in [2.45, 2.75) is 65.5 Å². The minimum absolute atomic E-state index is 0. The summed E-state index contributed by atoms with van der Waals surface area (Å²) in [5.74, 6) is 0.777. The predicted octanol–water partition coefficient (Wildman–Crippen LogP) is 2.42. The molecule has 0 spiro atoms. The molecule has 0 saturated heterocycles. The van der Waals surface area contributed by atoms with Gasteiger partial charge in [0.1, 0.15) is 0 Å². The van der Waals surface area contributed by atoms with E-state index < -0.39 is 10.0 Å². The van der Waals surface area contributed by atoms with Gasteiger partial charge in [-0.25, -0.2) is 12.7 Å². The van der Waals surface area contributed by atoms with Crippen LogP contribution in [0.1, 0.15) is 53.4 Å². The lowest BCUT2D eigenvalue weighted by atomic mass is 9.58. The van der Waals surface area contributed by atoms with E-state index in [9.17, 15) is 8.42 Å². The van der Waals surface area contributed by atoms with Gasteiger partial charge in [0.05, 0.1) is 12.4 Å². The zero-order chi connectivity index (χ0) is 19.8. The van der Waals surface area contributed by atoms with Gasteiger partial charge in [-0.1, -0.05) is 20.8 Å². The van der Waals surface area contributed by atoms with Crippen LogP contribution in [0.5, 0.6) is 0 Å². The first-order chi connectivity index (χ1) is 12.3. The van der Waals surface area contributed by atoms with Crippen LogP contribution >= 0.6 is 24.0 Å².